The molecule has 0 aliphatic carbocycles. The van der Waals surface area contributed by atoms with Crippen molar-refractivity contribution in [2.24, 2.45) is 0 Å². The molecule has 0 aliphatic rings. The second kappa shape index (κ2) is 10.0. The molecule has 0 heterocycles. The smallest absolute Gasteiger partial charge is 0.333 e. The molecule has 0 saturated carbocycles. The molecule has 1 aromatic rings. The summed E-state index contributed by atoms with van der Waals surface area (Å²) in [5, 5.41) is 10.8. The van der Waals surface area contributed by atoms with Crippen molar-refractivity contribution in [1.29, 1.82) is 0 Å². The molecule has 4 nitrogen and oxygen atoms in total. The highest BCUT2D eigenvalue weighted by Crippen LogP contribution is 2.40. The first-order chi connectivity index (χ1) is 12.5. The van der Waals surface area contributed by atoms with Crippen molar-refractivity contribution in [3.63, 3.8) is 0 Å². The maximum Gasteiger partial charge on any atom is 0.333 e. The second-order valence-electron chi connectivity index (χ2n) is 8.16. The Bertz CT molecular complexity index is 657. The number of rotatable bonds is 8. The van der Waals surface area contributed by atoms with E-state index in [0.29, 0.717) is 12.2 Å². The van der Waals surface area contributed by atoms with Crippen molar-refractivity contribution < 1.29 is 19.1 Å². The molecule has 0 aromatic heterocycles. The molecule has 1 N–H and O–H groups in total. The van der Waals surface area contributed by atoms with Gasteiger partial charge in [-0.05, 0) is 37.5 Å². The van der Waals surface area contributed by atoms with Crippen molar-refractivity contribution in [3.8, 4) is 0 Å². The van der Waals surface area contributed by atoms with E-state index in [0.717, 1.165) is 5.56 Å². The van der Waals surface area contributed by atoms with Crippen LogP contribution in [0.25, 0.3) is 0 Å². The highest BCUT2D eigenvalue weighted by atomic mass is 28.4. The number of carbonyl (C=O) groups is 1. The lowest BCUT2D eigenvalue weighted by molar-refractivity contribution is -0.138. The number of ether oxygens (including phenoxy) is 1. The zero-order valence-electron chi connectivity index (χ0n) is 17.7. The van der Waals surface area contributed by atoms with E-state index in [9.17, 15) is 9.90 Å². The molecule has 5 heteroatoms. The number of carbonyl (C=O) groups excluding carboxylic acids is 1. The van der Waals surface area contributed by atoms with Gasteiger partial charge >= 0.3 is 5.97 Å². The quantitative estimate of drug-likeness (QED) is 0.288. The van der Waals surface area contributed by atoms with Gasteiger partial charge in [-0.2, -0.15) is 0 Å². The summed E-state index contributed by atoms with van der Waals surface area (Å²) in [6.45, 7) is 14.7. The highest BCUT2D eigenvalue weighted by Gasteiger charge is 2.40. The van der Waals surface area contributed by atoms with Crippen LogP contribution in [0.3, 0.4) is 0 Å². The largest absolute Gasteiger partial charge is 0.463 e. The lowest BCUT2D eigenvalue weighted by Gasteiger charge is -2.40. The summed E-state index contributed by atoms with van der Waals surface area (Å²) in [7, 11) is -2.09. The van der Waals surface area contributed by atoms with E-state index >= 15 is 0 Å². The molecule has 0 saturated heterocycles. The van der Waals surface area contributed by atoms with Crippen LogP contribution in [0.15, 0.2) is 54.1 Å². The SMILES string of the molecule is CCOC(=O)/C(C)=C/C=C/[C@@H](O)[C@H](O[Si](C)(C)C(C)(C)C)c1ccccc1. The van der Waals surface area contributed by atoms with Gasteiger partial charge in [-0.3, -0.25) is 0 Å². The molecule has 0 bridgehead atoms. The van der Waals surface area contributed by atoms with Gasteiger partial charge in [0, 0.05) is 5.57 Å². The van der Waals surface area contributed by atoms with Crippen molar-refractivity contribution in [1.82, 2.24) is 0 Å². The van der Waals surface area contributed by atoms with Crippen molar-refractivity contribution in [2.75, 3.05) is 6.61 Å². The summed E-state index contributed by atoms with van der Waals surface area (Å²) in [6, 6.07) is 9.76. The van der Waals surface area contributed by atoms with Crippen LogP contribution in [0, 0.1) is 0 Å². The second-order valence-corrected chi connectivity index (χ2v) is 12.9. The Labute approximate surface area is 165 Å². The molecule has 0 unspecified atom stereocenters. The molecule has 2 atom stereocenters. The predicted octanol–water partition coefficient (Wildman–Crippen LogP) is 5.18. The first-order valence-corrected chi connectivity index (χ1v) is 12.3. The number of aliphatic hydroxyl groups is 1. The first-order valence-electron chi connectivity index (χ1n) is 9.42. The van der Waals surface area contributed by atoms with Crippen LogP contribution < -0.4 is 0 Å². The van der Waals surface area contributed by atoms with E-state index in [2.05, 4.69) is 33.9 Å². The molecule has 0 fully saturated rings. The topological polar surface area (TPSA) is 55.8 Å². The fourth-order valence-corrected chi connectivity index (χ4v) is 3.46. The van der Waals surface area contributed by atoms with Crippen LogP contribution in [-0.2, 0) is 14.0 Å². The van der Waals surface area contributed by atoms with E-state index in [1.165, 1.54) is 0 Å². The summed E-state index contributed by atoms with van der Waals surface area (Å²) in [5.74, 6) is -0.353. The van der Waals surface area contributed by atoms with Gasteiger partial charge in [0.1, 0.15) is 6.10 Å². The summed E-state index contributed by atoms with van der Waals surface area (Å²) in [4.78, 5) is 11.7. The number of esters is 1. The van der Waals surface area contributed by atoms with Crippen LogP contribution in [0.5, 0.6) is 0 Å². The minimum absolute atomic E-state index is 0.0316. The Morgan fingerprint density at radius 1 is 1.22 bits per heavy atom. The van der Waals surface area contributed by atoms with E-state index in [1.807, 2.05) is 30.3 Å². The summed E-state index contributed by atoms with van der Waals surface area (Å²) >= 11 is 0. The van der Waals surface area contributed by atoms with Gasteiger partial charge in [0.05, 0.1) is 12.7 Å². The number of hydrogen-bond donors (Lipinski definition) is 1. The van der Waals surface area contributed by atoms with Crippen molar-refractivity contribution in [3.05, 3.63) is 59.7 Å². The molecular formula is C22H34O4Si. The van der Waals surface area contributed by atoms with Gasteiger partial charge in [0.15, 0.2) is 8.32 Å². The van der Waals surface area contributed by atoms with Crippen LogP contribution in [-0.4, -0.2) is 32.1 Å². The number of allylic oxidation sites excluding steroid dienone is 2. The Morgan fingerprint density at radius 3 is 2.33 bits per heavy atom. The van der Waals surface area contributed by atoms with Gasteiger partial charge in [0.2, 0.25) is 0 Å². The molecule has 0 spiro atoms. The highest BCUT2D eigenvalue weighted by molar-refractivity contribution is 6.74. The molecule has 0 radical (unpaired) electrons. The van der Waals surface area contributed by atoms with Gasteiger partial charge in [-0.15, -0.1) is 0 Å². The van der Waals surface area contributed by atoms with E-state index in [-0.39, 0.29) is 11.0 Å². The average molecular weight is 391 g/mol. The zero-order valence-corrected chi connectivity index (χ0v) is 18.7. The summed E-state index contributed by atoms with van der Waals surface area (Å²) < 4.78 is 11.5. The first kappa shape index (κ1) is 23.3. The Kier molecular flexibility index (Phi) is 8.66. The van der Waals surface area contributed by atoms with E-state index in [1.54, 1.807) is 32.1 Å². The molecule has 27 heavy (non-hydrogen) atoms. The van der Waals surface area contributed by atoms with Gasteiger partial charge in [0.25, 0.3) is 0 Å². The van der Waals surface area contributed by atoms with E-state index < -0.39 is 20.5 Å². The normalized spacial score (nSPS) is 15.6. The molecule has 150 valence electrons. The maximum absolute atomic E-state index is 11.7. The standard InChI is InChI=1S/C22H34O4Si/c1-8-25-21(24)17(2)13-12-16-19(23)20(18-14-10-9-11-15-18)26-27(6,7)22(3,4)5/h9-16,19-20,23H,8H2,1-7H3/b16-12+,17-13+/t19-,20-/m1/s1. The van der Waals surface area contributed by atoms with Crippen LogP contribution in [0.2, 0.25) is 18.1 Å². The number of benzene rings is 1. The Hall–Kier alpha value is -1.69. The third kappa shape index (κ3) is 7.09. The fourth-order valence-electron chi connectivity index (χ4n) is 2.20. The third-order valence-electron chi connectivity index (χ3n) is 4.92. The van der Waals surface area contributed by atoms with Gasteiger partial charge < -0.3 is 14.3 Å². The lowest BCUT2D eigenvalue weighted by Crippen LogP contribution is -2.43. The third-order valence-corrected chi connectivity index (χ3v) is 9.37. The maximum atomic E-state index is 11.7. The van der Waals surface area contributed by atoms with Crippen molar-refractivity contribution in [2.45, 2.75) is 65.0 Å². The van der Waals surface area contributed by atoms with Crippen LogP contribution in [0.1, 0.15) is 46.3 Å². The lowest BCUT2D eigenvalue weighted by atomic mass is 10.0. The summed E-state index contributed by atoms with van der Waals surface area (Å²) in [6.07, 6.45) is 3.71. The Morgan fingerprint density at radius 2 is 1.81 bits per heavy atom. The minimum Gasteiger partial charge on any atom is -0.463 e. The molecule has 0 aliphatic heterocycles. The number of aliphatic hydroxyl groups excluding tert-OH is 1. The Balaban J connectivity index is 3.04. The molecule has 1 aromatic carbocycles. The van der Waals surface area contributed by atoms with E-state index in [4.69, 9.17) is 9.16 Å². The minimum atomic E-state index is -2.09. The number of hydrogen-bond acceptors (Lipinski definition) is 4. The average Bonchev–Trinajstić information content (AvgIpc) is 2.59. The van der Waals surface area contributed by atoms with Crippen LogP contribution >= 0.6 is 0 Å². The zero-order chi connectivity index (χ0) is 20.7. The fraction of sp³-hybridized carbons (Fsp3) is 0.500. The molecule has 1 rings (SSSR count). The molecular weight excluding hydrogens is 356 g/mol. The predicted molar refractivity (Wildman–Crippen MR) is 113 cm³/mol. The summed E-state index contributed by atoms with van der Waals surface area (Å²) in [5.41, 5.74) is 1.42. The van der Waals surface area contributed by atoms with Gasteiger partial charge in [-0.25, -0.2) is 4.79 Å². The molecule has 0 amide bonds. The van der Waals surface area contributed by atoms with Crippen molar-refractivity contribution >= 4 is 14.3 Å². The van der Waals surface area contributed by atoms with Crippen LogP contribution in [0.4, 0.5) is 0 Å². The van der Waals surface area contributed by atoms with Gasteiger partial charge in [-0.1, -0.05) is 69.3 Å². The monoisotopic (exact) mass is 390 g/mol.